The van der Waals surface area contributed by atoms with E-state index in [9.17, 15) is 0 Å². The van der Waals surface area contributed by atoms with Crippen molar-refractivity contribution in [2.24, 2.45) is 5.92 Å². The van der Waals surface area contributed by atoms with Gasteiger partial charge in [0.05, 0.1) is 0 Å². The van der Waals surface area contributed by atoms with Crippen LogP contribution in [-0.2, 0) is 13.0 Å². The number of nitrogens with one attached hydrogen (secondary N) is 2. The minimum Gasteiger partial charge on any atom is -0.385 e. The lowest BCUT2D eigenvalue weighted by atomic mass is 9.83. The van der Waals surface area contributed by atoms with Crippen LogP contribution < -0.4 is 10.6 Å². The second-order valence-corrected chi connectivity index (χ2v) is 6.78. The molecule has 3 rings (SSSR count). The van der Waals surface area contributed by atoms with Crippen molar-refractivity contribution in [1.82, 2.24) is 5.32 Å². The largest absolute Gasteiger partial charge is 0.385 e. The normalized spacial score (nSPS) is 20.6. The molecule has 1 heterocycles. The molecule has 116 valence electrons. The van der Waals surface area contributed by atoms with E-state index in [2.05, 4.69) is 35.8 Å². The molecule has 2 aliphatic rings. The summed E-state index contributed by atoms with van der Waals surface area (Å²) in [6.07, 6.45) is 10.9. The van der Waals surface area contributed by atoms with Crippen LogP contribution in [0.5, 0.6) is 0 Å². The van der Waals surface area contributed by atoms with Crippen LogP contribution in [0.2, 0.25) is 0 Å². The Balaban J connectivity index is 1.63. The molecule has 1 aliphatic carbocycles. The topological polar surface area (TPSA) is 24.1 Å². The number of fused-ring (bicyclic) bond motifs is 1. The predicted molar refractivity (Wildman–Crippen MR) is 90.7 cm³/mol. The highest BCUT2D eigenvalue weighted by Gasteiger charge is 2.22. The van der Waals surface area contributed by atoms with E-state index in [0.717, 1.165) is 19.0 Å². The summed E-state index contributed by atoms with van der Waals surface area (Å²) in [4.78, 5) is 0. The number of aryl methyl sites for hydroxylation is 1. The maximum Gasteiger partial charge on any atom is 0.0418 e. The van der Waals surface area contributed by atoms with Gasteiger partial charge in [0, 0.05) is 24.8 Å². The summed E-state index contributed by atoms with van der Waals surface area (Å²) < 4.78 is 0. The lowest BCUT2D eigenvalue weighted by Crippen LogP contribution is -2.36. The van der Waals surface area contributed by atoms with E-state index in [-0.39, 0.29) is 0 Å². The van der Waals surface area contributed by atoms with Gasteiger partial charge in [0.2, 0.25) is 0 Å². The van der Waals surface area contributed by atoms with E-state index in [4.69, 9.17) is 0 Å². The number of anilines is 1. The maximum atomic E-state index is 3.87. The number of para-hydroxylation sites is 1. The van der Waals surface area contributed by atoms with E-state index < -0.39 is 0 Å². The van der Waals surface area contributed by atoms with Crippen LogP contribution in [0, 0.1) is 5.92 Å². The standard InChI is InChI=1S/C19H30N2/c1-2-18(15-8-4-3-5-9-15)21-14-17-11-6-10-16-12-7-13-20-19(16)17/h6,10-11,15,18,20-21H,2-5,7-9,12-14H2,1H3. The third-order valence-corrected chi connectivity index (χ3v) is 5.38. The zero-order chi connectivity index (χ0) is 14.5. The summed E-state index contributed by atoms with van der Waals surface area (Å²) in [6, 6.07) is 7.50. The SMILES string of the molecule is CCC(NCc1cccc2c1NCCC2)C1CCCCC1. The van der Waals surface area contributed by atoms with Crippen molar-refractivity contribution < 1.29 is 0 Å². The Kier molecular flexibility index (Phi) is 5.18. The highest BCUT2D eigenvalue weighted by molar-refractivity contribution is 5.59. The minimum absolute atomic E-state index is 0.699. The van der Waals surface area contributed by atoms with Gasteiger partial charge in [-0.2, -0.15) is 0 Å². The molecule has 0 amide bonds. The first-order chi connectivity index (χ1) is 10.4. The molecule has 0 saturated heterocycles. The van der Waals surface area contributed by atoms with E-state index in [0.29, 0.717) is 6.04 Å². The first-order valence-electron chi connectivity index (χ1n) is 8.96. The highest BCUT2D eigenvalue weighted by Crippen LogP contribution is 2.29. The summed E-state index contributed by atoms with van der Waals surface area (Å²) >= 11 is 0. The Morgan fingerprint density at radius 2 is 2.05 bits per heavy atom. The molecule has 1 unspecified atom stereocenters. The summed E-state index contributed by atoms with van der Waals surface area (Å²) in [5.41, 5.74) is 4.38. The van der Waals surface area contributed by atoms with Gasteiger partial charge < -0.3 is 10.6 Å². The molecular weight excluding hydrogens is 256 g/mol. The average molecular weight is 286 g/mol. The Bertz CT molecular complexity index is 449. The first kappa shape index (κ1) is 14.9. The molecule has 2 heteroatoms. The van der Waals surface area contributed by atoms with Gasteiger partial charge >= 0.3 is 0 Å². The average Bonchev–Trinajstić information content (AvgIpc) is 2.56. The van der Waals surface area contributed by atoms with Gasteiger partial charge in [-0.3, -0.25) is 0 Å². The number of rotatable bonds is 5. The van der Waals surface area contributed by atoms with Gasteiger partial charge in [-0.15, -0.1) is 0 Å². The molecule has 1 aliphatic heterocycles. The zero-order valence-electron chi connectivity index (χ0n) is 13.5. The van der Waals surface area contributed by atoms with Crippen LogP contribution in [0.3, 0.4) is 0 Å². The Morgan fingerprint density at radius 1 is 1.19 bits per heavy atom. The van der Waals surface area contributed by atoms with Crippen LogP contribution in [0.1, 0.15) is 63.0 Å². The van der Waals surface area contributed by atoms with Gasteiger partial charge in [0.25, 0.3) is 0 Å². The third kappa shape index (κ3) is 3.60. The molecule has 1 aromatic rings. The lowest BCUT2D eigenvalue weighted by Gasteiger charge is -2.31. The number of hydrogen-bond donors (Lipinski definition) is 2. The molecule has 0 bridgehead atoms. The van der Waals surface area contributed by atoms with Crippen LogP contribution in [0.4, 0.5) is 5.69 Å². The third-order valence-electron chi connectivity index (χ3n) is 5.38. The fourth-order valence-electron chi connectivity index (χ4n) is 4.15. The van der Waals surface area contributed by atoms with Crippen LogP contribution in [0.25, 0.3) is 0 Å². The van der Waals surface area contributed by atoms with Crippen molar-refractivity contribution in [3.8, 4) is 0 Å². The molecule has 1 atom stereocenters. The van der Waals surface area contributed by atoms with Crippen molar-refractivity contribution in [1.29, 1.82) is 0 Å². The van der Waals surface area contributed by atoms with Gasteiger partial charge in [0.1, 0.15) is 0 Å². The van der Waals surface area contributed by atoms with Gasteiger partial charge in [-0.25, -0.2) is 0 Å². The second kappa shape index (κ2) is 7.31. The highest BCUT2D eigenvalue weighted by atomic mass is 14.9. The maximum absolute atomic E-state index is 3.87. The quantitative estimate of drug-likeness (QED) is 0.833. The number of benzene rings is 1. The van der Waals surface area contributed by atoms with E-state index in [1.165, 1.54) is 68.2 Å². The summed E-state index contributed by atoms with van der Waals surface area (Å²) in [7, 11) is 0. The fourth-order valence-corrected chi connectivity index (χ4v) is 4.15. The van der Waals surface area contributed by atoms with Gasteiger partial charge in [-0.1, -0.05) is 44.4 Å². The van der Waals surface area contributed by atoms with Gasteiger partial charge in [-0.05, 0) is 49.1 Å². The zero-order valence-corrected chi connectivity index (χ0v) is 13.5. The molecule has 1 fully saturated rings. The van der Waals surface area contributed by atoms with Gasteiger partial charge in [0.15, 0.2) is 0 Å². The van der Waals surface area contributed by atoms with Crippen LogP contribution in [0.15, 0.2) is 18.2 Å². The molecule has 1 aromatic carbocycles. The monoisotopic (exact) mass is 286 g/mol. The molecule has 21 heavy (non-hydrogen) atoms. The van der Waals surface area contributed by atoms with Crippen molar-refractivity contribution in [3.63, 3.8) is 0 Å². The van der Waals surface area contributed by atoms with Crippen molar-refractivity contribution in [2.75, 3.05) is 11.9 Å². The Hall–Kier alpha value is -1.02. The van der Waals surface area contributed by atoms with Crippen molar-refractivity contribution >= 4 is 5.69 Å². The molecular formula is C19H30N2. The molecule has 1 saturated carbocycles. The minimum atomic E-state index is 0.699. The lowest BCUT2D eigenvalue weighted by molar-refractivity contribution is 0.262. The molecule has 0 radical (unpaired) electrons. The second-order valence-electron chi connectivity index (χ2n) is 6.78. The molecule has 0 spiro atoms. The van der Waals surface area contributed by atoms with Crippen molar-refractivity contribution in [3.05, 3.63) is 29.3 Å². The molecule has 2 nitrogen and oxygen atoms in total. The van der Waals surface area contributed by atoms with Crippen LogP contribution in [-0.4, -0.2) is 12.6 Å². The van der Waals surface area contributed by atoms with Crippen LogP contribution >= 0.6 is 0 Å². The smallest absolute Gasteiger partial charge is 0.0418 e. The van der Waals surface area contributed by atoms with Crippen molar-refractivity contribution in [2.45, 2.75) is 70.9 Å². The molecule has 0 aromatic heterocycles. The summed E-state index contributed by atoms with van der Waals surface area (Å²) in [5.74, 6) is 0.899. The number of hydrogen-bond acceptors (Lipinski definition) is 2. The van der Waals surface area contributed by atoms with E-state index in [1.807, 2.05) is 0 Å². The molecule has 2 N–H and O–H groups in total. The fraction of sp³-hybridized carbons (Fsp3) is 0.684. The van der Waals surface area contributed by atoms with E-state index in [1.54, 1.807) is 0 Å². The Labute approximate surface area is 129 Å². The first-order valence-corrected chi connectivity index (χ1v) is 8.96. The van der Waals surface area contributed by atoms with E-state index >= 15 is 0 Å². The summed E-state index contributed by atoms with van der Waals surface area (Å²) in [6.45, 7) is 4.49. The Morgan fingerprint density at radius 3 is 2.86 bits per heavy atom. The summed E-state index contributed by atoms with van der Waals surface area (Å²) in [5, 5.41) is 7.48. The predicted octanol–water partition coefficient (Wildman–Crippen LogP) is 4.49.